The molecule has 26 heavy (non-hydrogen) atoms. The summed E-state index contributed by atoms with van der Waals surface area (Å²) in [7, 11) is 0. The van der Waals surface area contributed by atoms with Crippen molar-refractivity contribution in [2.24, 2.45) is 5.92 Å². The highest BCUT2D eigenvalue weighted by Gasteiger charge is 2.25. The van der Waals surface area contributed by atoms with Gasteiger partial charge in [0.05, 0.1) is 6.67 Å². The minimum atomic E-state index is -0.277. The van der Waals surface area contributed by atoms with Crippen LogP contribution in [0.15, 0.2) is 41.3 Å². The quantitative estimate of drug-likeness (QED) is 0.906. The number of nitriles is 1. The van der Waals surface area contributed by atoms with E-state index in [0.717, 1.165) is 31.6 Å². The van der Waals surface area contributed by atoms with E-state index in [0.29, 0.717) is 12.5 Å². The third-order valence-corrected chi connectivity index (χ3v) is 4.59. The number of rotatable bonds is 4. The molecule has 0 radical (unpaired) electrons. The van der Waals surface area contributed by atoms with Gasteiger partial charge in [-0.15, -0.1) is 0 Å². The van der Waals surface area contributed by atoms with Gasteiger partial charge in [0, 0.05) is 30.9 Å². The fraction of sp³-hybridized carbons (Fsp3) is 0.368. The summed E-state index contributed by atoms with van der Waals surface area (Å²) >= 11 is 0. The Bertz CT molecular complexity index is 891. The van der Waals surface area contributed by atoms with Gasteiger partial charge in [0.1, 0.15) is 17.5 Å². The second-order valence-electron chi connectivity index (χ2n) is 6.50. The fourth-order valence-corrected chi connectivity index (χ4v) is 3.13. The van der Waals surface area contributed by atoms with Crippen molar-refractivity contribution in [2.45, 2.75) is 26.4 Å². The summed E-state index contributed by atoms with van der Waals surface area (Å²) in [5.41, 5.74) is 0.732. The first-order valence-electron chi connectivity index (χ1n) is 8.63. The van der Waals surface area contributed by atoms with Crippen LogP contribution in [0.25, 0.3) is 0 Å². The van der Waals surface area contributed by atoms with Gasteiger partial charge in [-0.05, 0) is 44.0 Å². The Morgan fingerprint density at radius 3 is 2.77 bits per heavy atom. The number of aromatic nitrogens is 2. The van der Waals surface area contributed by atoms with Crippen molar-refractivity contribution in [3.63, 3.8) is 0 Å². The van der Waals surface area contributed by atoms with Crippen molar-refractivity contribution < 1.29 is 4.79 Å². The molecule has 1 saturated heterocycles. The van der Waals surface area contributed by atoms with Crippen LogP contribution in [0.2, 0.25) is 0 Å². The van der Waals surface area contributed by atoms with Gasteiger partial charge in [0.25, 0.3) is 5.56 Å². The van der Waals surface area contributed by atoms with E-state index in [1.807, 2.05) is 25.1 Å². The van der Waals surface area contributed by atoms with E-state index in [4.69, 9.17) is 5.26 Å². The van der Waals surface area contributed by atoms with E-state index in [1.165, 1.54) is 10.6 Å². The number of pyridine rings is 2. The maximum absolute atomic E-state index is 12.4. The Kier molecular flexibility index (Phi) is 5.44. The highest BCUT2D eigenvalue weighted by atomic mass is 16.2. The Morgan fingerprint density at radius 2 is 2.08 bits per heavy atom. The molecule has 7 heteroatoms. The fourth-order valence-electron chi connectivity index (χ4n) is 3.13. The summed E-state index contributed by atoms with van der Waals surface area (Å²) in [5.74, 6) is 0.513. The van der Waals surface area contributed by atoms with Gasteiger partial charge in [-0.1, -0.05) is 6.07 Å². The van der Waals surface area contributed by atoms with E-state index < -0.39 is 0 Å². The molecular weight excluding hydrogens is 330 g/mol. The molecule has 0 spiro atoms. The Labute approximate surface area is 151 Å². The minimum Gasteiger partial charge on any atom is -0.310 e. The Balaban J connectivity index is 1.55. The molecule has 2 aromatic heterocycles. The number of hydrogen-bond acceptors (Lipinski definition) is 5. The summed E-state index contributed by atoms with van der Waals surface area (Å²) in [6, 6.07) is 10.7. The lowest BCUT2D eigenvalue weighted by molar-refractivity contribution is -0.121. The predicted molar refractivity (Wildman–Crippen MR) is 97.3 cm³/mol. The SMILES string of the molecule is Cc1cccc(NC(=O)C2CCN(Cn3cccc(C#N)c3=O)CC2)n1. The second-order valence-corrected chi connectivity index (χ2v) is 6.50. The largest absolute Gasteiger partial charge is 0.310 e. The summed E-state index contributed by atoms with van der Waals surface area (Å²) in [6.07, 6.45) is 3.14. The molecule has 0 aliphatic carbocycles. The summed E-state index contributed by atoms with van der Waals surface area (Å²) in [6.45, 7) is 3.77. The first-order chi connectivity index (χ1) is 12.6. The number of nitrogens with zero attached hydrogens (tertiary/aromatic N) is 4. The van der Waals surface area contributed by atoms with E-state index in [9.17, 15) is 9.59 Å². The van der Waals surface area contributed by atoms with E-state index in [2.05, 4.69) is 15.2 Å². The molecule has 1 aliphatic rings. The number of nitrogens with one attached hydrogen (secondary N) is 1. The molecule has 0 bridgehead atoms. The molecule has 2 aromatic rings. The third-order valence-electron chi connectivity index (χ3n) is 4.59. The maximum atomic E-state index is 12.4. The van der Waals surface area contributed by atoms with Crippen molar-refractivity contribution in [2.75, 3.05) is 18.4 Å². The van der Waals surface area contributed by atoms with Gasteiger partial charge < -0.3 is 9.88 Å². The second kappa shape index (κ2) is 7.93. The molecule has 0 saturated carbocycles. The Hall–Kier alpha value is -2.98. The number of amides is 1. The minimum absolute atomic E-state index is 0.00797. The lowest BCUT2D eigenvalue weighted by Gasteiger charge is -2.31. The zero-order valence-electron chi connectivity index (χ0n) is 14.7. The molecule has 0 atom stereocenters. The van der Waals surface area contributed by atoms with Crippen molar-refractivity contribution in [1.29, 1.82) is 5.26 Å². The van der Waals surface area contributed by atoms with Gasteiger partial charge in [-0.2, -0.15) is 5.26 Å². The lowest BCUT2D eigenvalue weighted by Crippen LogP contribution is -2.41. The monoisotopic (exact) mass is 351 g/mol. The maximum Gasteiger partial charge on any atom is 0.269 e. The normalized spacial score (nSPS) is 15.4. The van der Waals surface area contributed by atoms with Crippen LogP contribution in [0.5, 0.6) is 0 Å². The first kappa shape index (κ1) is 17.8. The molecule has 1 amide bonds. The number of hydrogen-bond donors (Lipinski definition) is 1. The molecule has 1 aliphatic heterocycles. The van der Waals surface area contributed by atoms with Crippen LogP contribution in [-0.4, -0.2) is 33.4 Å². The van der Waals surface area contributed by atoms with Crippen LogP contribution < -0.4 is 10.9 Å². The van der Waals surface area contributed by atoms with E-state index in [-0.39, 0.29) is 22.9 Å². The average molecular weight is 351 g/mol. The molecule has 0 unspecified atom stereocenters. The van der Waals surface area contributed by atoms with Crippen LogP contribution in [0.1, 0.15) is 24.1 Å². The molecule has 3 heterocycles. The molecule has 0 aromatic carbocycles. The van der Waals surface area contributed by atoms with Crippen LogP contribution in [0, 0.1) is 24.2 Å². The van der Waals surface area contributed by atoms with E-state index >= 15 is 0 Å². The summed E-state index contributed by atoms with van der Waals surface area (Å²) in [5, 5.41) is 11.8. The molecule has 1 fully saturated rings. The Morgan fingerprint density at radius 1 is 1.31 bits per heavy atom. The average Bonchev–Trinajstić information content (AvgIpc) is 2.64. The third kappa shape index (κ3) is 4.16. The van der Waals surface area contributed by atoms with Gasteiger partial charge in [0.15, 0.2) is 0 Å². The van der Waals surface area contributed by atoms with Gasteiger partial charge in [-0.25, -0.2) is 4.98 Å². The lowest BCUT2D eigenvalue weighted by atomic mass is 9.96. The van der Waals surface area contributed by atoms with Crippen molar-refractivity contribution in [3.05, 3.63) is 58.1 Å². The molecular formula is C19H21N5O2. The highest BCUT2D eigenvalue weighted by Crippen LogP contribution is 2.19. The van der Waals surface area contributed by atoms with Crippen molar-refractivity contribution >= 4 is 11.7 Å². The van der Waals surface area contributed by atoms with Gasteiger partial charge in [-0.3, -0.25) is 14.5 Å². The summed E-state index contributed by atoms with van der Waals surface area (Å²) in [4.78, 5) is 31.0. The van der Waals surface area contributed by atoms with Crippen LogP contribution in [-0.2, 0) is 11.5 Å². The molecule has 1 N–H and O–H groups in total. The van der Waals surface area contributed by atoms with Crippen molar-refractivity contribution in [3.8, 4) is 6.07 Å². The topological polar surface area (TPSA) is 91.0 Å². The van der Waals surface area contributed by atoms with Gasteiger partial charge >= 0.3 is 0 Å². The smallest absolute Gasteiger partial charge is 0.269 e. The number of piperidine rings is 1. The number of carbonyl (C=O) groups is 1. The molecule has 7 nitrogen and oxygen atoms in total. The zero-order chi connectivity index (χ0) is 18.5. The van der Waals surface area contributed by atoms with Crippen LogP contribution in [0.4, 0.5) is 5.82 Å². The van der Waals surface area contributed by atoms with E-state index in [1.54, 1.807) is 18.3 Å². The molecule has 3 rings (SSSR count). The zero-order valence-corrected chi connectivity index (χ0v) is 14.7. The standard InChI is InChI=1S/C19H21N5O2/c1-14-4-2-6-17(21-14)22-18(25)15-7-10-23(11-8-15)13-24-9-3-5-16(12-20)19(24)26/h2-6,9,15H,7-8,10-11,13H2,1H3,(H,21,22,25). The predicted octanol–water partition coefficient (Wildman–Crippen LogP) is 1.73. The summed E-state index contributed by atoms with van der Waals surface area (Å²) < 4.78 is 1.54. The number of aryl methyl sites for hydroxylation is 1. The number of anilines is 1. The van der Waals surface area contributed by atoms with Crippen molar-refractivity contribution in [1.82, 2.24) is 14.5 Å². The first-order valence-corrected chi connectivity index (χ1v) is 8.63. The van der Waals surface area contributed by atoms with Gasteiger partial charge in [0.2, 0.25) is 5.91 Å². The van der Waals surface area contributed by atoms with Crippen LogP contribution in [0.3, 0.4) is 0 Å². The molecule has 134 valence electrons. The number of likely N-dealkylation sites (tertiary alicyclic amines) is 1. The highest BCUT2D eigenvalue weighted by molar-refractivity contribution is 5.91. The number of carbonyl (C=O) groups excluding carboxylic acids is 1. The van der Waals surface area contributed by atoms with Crippen LogP contribution >= 0.6 is 0 Å².